The van der Waals surface area contributed by atoms with Gasteiger partial charge in [0, 0.05) is 19.3 Å². The molecule has 2 N–H and O–H groups in total. The van der Waals surface area contributed by atoms with Gasteiger partial charge in [0.2, 0.25) is 5.91 Å². The molecule has 3 amide bonds. The predicted octanol–water partition coefficient (Wildman–Crippen LogP) is 1.84. The Morgan fingerprint density at radius 3 is 2.54 bits per heavy atom. The van der Waals surface area contributed by atoms with Gasteiger partial charge in [-0.15, -0.1) is 11.8 Å². The van der Waals surface area contributed by atoms with Crippen molar-refractivity contribution in [1.29, 1.82) is 0 Å². The lowest BCUT2D eigenvalue weighted by molar-refractivity contribution is -0.148. The van der Waals surface area contributed by atoms with E-state index in [9.17, 15) is 19.5 Å². The number of carbonyl (C=O) groups is 3. The van der Waals surface area contributed by atoms with E-state index in [0.717, 1.165) is 5.56 Å². The summed E-state index contributed by atoms with van der Waals surface area (Å²) < 4.78 is 0. The summed E-state index contributed by atoms with van der Waals surface area (Å²) >= 11 is 1.40. The van der Waals surface area contributed by atoms with Crippen LogP contribution in [0.4, 0.5) is 4.79 Å². The first-order chi connectivity index (χ1) is 12.3. The maximum absolute atomic E-state index is 12.8. The zero-order valence-corrected chi connectivity index (χ0v) is 16.0. The lowest BCUT2D eigenvalue weighted by atomic mass is 10.0. The van der Waals surface area contributed by atoms with Gasteiger partial charge in [0.25, 0.3) is 0 Å². The quantitative estimate of drug-likeness (QED) is 0.787. The lowest BCUT2D eigenvalue weighted by Gasteiger charge is -2.30. The predicted molar refractivity (Wildman–Crippen MR) is 101 cm³/mol. The van der Waals surface area contributed by atoms with Gasteiger partial charge < -0.3 is 20.2 Å². The molecule has 8 heteroatoms. The molecule has 7 nitrogen and oxygen atoms in total. The Bertz CT molecular complexity index is 653. The highest BCUT2D eigenvalue weighted by atomic mass is 32.2. The van der Waals surface area contributed by atoms with E-state index in [4.69, 9.17) is 0 Å². The molecule has 2 rings (SSSR count). The van der Waals surface area contributed by atoms with Crippen LogP contribution in [0.15, 0.2) is 30.3 Å². The Balaban J connectivity index is 2.03. The van der Waals surface area contributed by atoms with E-state index < -0.39 is 18.1 Å². The molecule has 1 aliphatic rings. The molecule has 0 spiro atoms. The molecule has 0 radical (unpaired) electrons. The minimum absolute atomic E-state index is 0.156. The summed E-state index contributed by atoms with van der Waals surface area (Å²) in [6.07, 6.45) is 0. The summed E-state index contributed by atoms with van der Waals surface area (Å²) in [4.78, 5) is 39.5. The zero-order valence-electron chi connectivity index (χ0n) is 15.2. The first-order valence-electron chi connectivity index (χ1n) is 8.47. The van der Waals surface area contributed by atoms with Crippen molar-refractivity contribution in [2.45, 2.75) is 32.5 Å². The highest BCUT2D eigenvalue weighted by Crippen LogP contribution is 2.23. The van der Waals surface area contributed by atoms with Crippen molar-refractivity contribution in [1.82, 2.24) is 15.1 Å². The summed E-state index contributed by atoms with van der Waals surface area (Å²) in [6.45, 7) is 4.08. The number of nitrogens with one attached hydrogen (secondary N) is 1. The van der Waals surface area contributed by atoms with Crippen molar-refractivity contribution in [3.63, 3.8) is 0 Å². The van der Waals surface area contributed by atoms with E-state index in [1.54, 1.807) is 7.05 Å². The minimum atomic E-state index is -1.02. The van der Waals surface area contributed by atoms with Crippen molar-refractivity contribution in [3.8, 4) is 0 Å². The van der Waals surface area contributed by atoms with E-state index in [1.807, 2.05) is 44.2 Å². The van der Waals surface area contributed by atoms with Crippen molar-refractivity contribution >= 4 is 29.7 Å². The summed E-state index contributed by atoms with van der Waals surface area (Å²) in [7, 11) is 1.66. The Labute approximate surface area is 157 Å². The molecule has 0 aromatic heterocycles. The topological polar surface area (TPSA) is 90.0 Å². The Kier molecular flexibility index (Phi) is 6.90. The van der Waals surface area contributed by atoms with Gasteiger partial charge >= 0.3 is 12.0 Å². The van der Waals surface area contributed by atoms with Crippen molar-refractivity contribution in [3.05, 3.63) is 35.9 Å². The van der Waals surface area contributed by atoms with Crippen LogP contribution < -0.4 is 5.32 Å². The van der Waals surface area contributed by atoms with Crippen molar-refractivity contribution in [2.24, 2.45) is 5.92 Å². The number of carbonyl (C=O) groups excluding carboxylic acids is 2. The number of carboxylic acid groups (broad SMARTS) is 1. The largest absolute Gasteiger partial charge is 0.480 e. The molecule has 0 unspecified atom stereocenters. The van der Waals surface area contributed by atoms with Gasteiger partial charge in [0.15, 0.2) is 0 Å². The number of carboxylic acids is 1. The monoisotopic (exact) mass is 379 g/mol. The van der Waals surface area contributed by atoms with Gasteiger partial charge in [0.05, 0.1) is 5.88 Å². The fourth-order valence-electron chi connectivity index (χ4n) is 2.73. The summed E-state index contributed by atoms with van der Waals surface area (Å²) in [5, 5.41) is 12.1. The number of hydrogen-bond donors (Lipinski definition) is 2. The van der Waals surface area contributed by atoms with E-state index in [0.29, 0.717) is 18.2 Å². The highest BCUT2D eigenvalue weighted by molar-refractivity contribution is 7.99. The van der Waals surface area contributed by atoms with Crippen LogP contribution in [0.3, 0.4) is 0 Å². The normalized spacial score (nSPS) is 17.8. The minimum Gasteiger partial charge on any atom is -0.480 e. The number of aliphatic carboxylic acids is 1. The first-order valence-corrected chi connectivity index (χ1v) is 9.63. The van der Waals surface area contributed by atoms with E-state index >= 15 is 0 Å². The molecular formula is C18H25N3O4S. The number of nitrogens with zero attached hydrogens (tertiary/aromatic N) is 2. The molecular weight excluding hydrogens is 354 g/mol. The maximum Gasteiger partial charge on any atom is 0.327 e. The van der Waals surface area contributed by atoms with Crippen molar-refractivity contribution < 1.29 is 19.5 Å². The van der Waals surface area contributed by atoms with Crippen LogP contribution in [-0.4, -0.2) is 63.6 Å². The summed E-state index contributed by atoms with van der Waals surface area (Å²) in [5.74, 6) is -0.823. The smallest absolute Gasteiger partial charge is 0.327 e. The van der Waals surface area contributed by atoms with Crippen LogP contribution in [0.2, 0.25) is 0 Å². The van der Waals surface area contributed by atoms with Gasteiger partial charge in [-0.2, -0.15) is 0 Å². The molecule has 1 heterocycles. The molecule has 0 saturated carbocycles. The molecule has 1 aliphatic heterocycles. The molecule has 2 atom stereocenters. The average Bonchev–Trinajstić information content (AvgIpc) is 3.09. The third-order valence-electron chi connectivity index (χ3n) is 4.27. The standard InChI is InChI=1S/C18H25N3O4S/c1-12(2)15(16(22)21-11-26-10-14(21)17(23)24)19-18(25)20(3)9-13-7-5-4-6-8-13/h4-8,12,14-15H,9-11H2,1-3H3,(H,19,25)(H,23,24)/t14-,15-/m0/s1. The van der Waals surface area contributed by atoms with Gasteiger partial charge in [0.1, 0.15) is 12.1 Å². The number of urea groups is 1. The van der Waals surface area contributed by atoms with E-state index in [1.165, 1.54) is 21.6 Å². The van der Waals surface area contributed by atoms with Gasteiger partial charge in [-0.3, -0.25) is 4.79 Å². The molecule has 142 valence electrons. The Morgan fingerprint density at radius 1 is 1.31 bits per heavy atom. The maximum atomic E-state index is 12.8. The van der Waals surface area contributed by atoms with Crippen LogP contribution in [0, 0.1) is 5.92 Å². The number of thioether (sulfide) groups is 1. The number of amides is 3. The molecule has 1 fully saturated rings. The average molecular weight is 379 g/mol. The molecule has 1 aromatic carbocycles. The Morgan fingerprint density at radius 2 is 1.96 bits per heavy atom. The lowest BCUT2D eigenvalue weighted by Crippen LogP contribution is -2.55. The SMILES string of the molecule is CC(C)[C@H](NC(=O)N(C)Cc1ccccc1)C(=O)N1CSC[C@H]1C(=O)O. The van der Waals surface area contributed by atoms with Crippen LogP contribution in [0.5, 0.6) is 0 Å². The van der Waals surface area contributed by atoms with Crippen LogP contribution in [0.25, 0.3) is 0 Å². The third kappa shape index (κ3) is 4.91. The second kappa shape index (κ2) is 8.93. The highest BCUT2D eigenvalue weighted by Gasteiger charge is 2.39. The van der Waals surface area contributed by atoms with E-state index in [-0.39, 0.29) is 17.9 Å². The van der Waals surface area contributed by atoms with Gasteiger partial charge in [-0.25, -0.2) is 9.59 Å². The third-order valence-corrected chi connectivity index (χ3v) is 5.28. The molecule has 26 heavy (non-hydrogen) atoms. The fourth-order valence-corrected chi connectivity index (χ4v) is 3.88. The van der Waals surface area contributed by atoms with Crippen LogP contribution in [0.1, 0.15) is 19.4 Å². The molecule has 0 aliphatic carbocycles. The summed E-state index contributed by atoms with van der Waals surface area (Å²) in [6, 6.07) is 7.59. The zero-order chi connectivity index (χ0) is 19.3. The Hall–Kier alpha value is -2.22. The molecule has 1 saturated heterocycles. The van der Waals surface area contributed by atoms with Crippen LogP contribution in [-0.2, 0) is 16.1 Å². The fraction of sp³-hybridized carbons (Fsp3) is 0.500. The van der Waals surface area contributed by atoms with Crippen molar-refractivity contribution in [2.75, 3.05) is 18.7 Å². The van der Waals surface area contributed by atoms with Crippen LogP contribution >= 0.6 is 11.8 Å². The molecule has 0 bridgehead atoms. The second-order valence-corrected chi connectivity index (χ2v) is 7.67. The van der Waals surface area contributed by atoms with E-state index in [2.05, 4.69) is 5.32 Å². The summed E-state index contributed by atoms with van der Waals surface area (Å²) in [5.41, 5.74) is 0.986. The number of hydrogen-bond acceptors (Lipinski definition) is 4. The number of benzene rings is 1. The van der Waals surface area contributed by atoms with Gasteiger partial charge in [-0.1, -0.05) is 44.2 Å². The second-order valence-electron chi connectivity index (χ2n) is 6.67. The first kappa shape index (κ1) is 20.1. The van der Waals surface area contributed by atoms with Gasteiger partial charge in [-0.05, 0) is 11.5 Å². The number of rotatable bonds is 6. The molecule has 1 aromatic rings.